The molecular weight excluding hydrogens is 430 g/mol. The summed E-state index contributed by atoms with van der Waals surface area (Å²) in [4.78, 5) is 11.8. The molecule has 0 rings (SSSR count). The van der Waals surface area contributed by atoms with Crippen molar-refractivity contribution in [2.45, 2.75) is 129 Å². The van der Waals surface area contributed by atoms with Crippen LogP contribution < -0.4 is 5.32 Å². The van der Waals surface area contributed by atoms with Gasteiger partial charge in [-0.05, 0) is 65.0 Å². The van der Waals surface area contributed by atoms with Gasteiger partial charge in [0.05, 0.1) is 18.8 Å². The van der Waals surface area contributed by atoms with Gasteiger partial charge in [-0.25, -0.2) is 0 Å². The lowest BCUT2D eigenvalue weighted by Gasteiger charge is -2.32. The maximum absolute atomic E-state index is 11.8. The van der Waals surface area contributed by atoms with E-state index in [4.69, 9.17) is 8.85 Å². The average molecular weight is 484 g/mol. The normalized spacial score (nSPS) is 14.9. The molecule has 2 atom stereocenters. The lowest BCUT2D eigenvalue weighted by Crippen LogP contribution is -2.50. The molecule has 0 aliphatic heterocycles. The van der Waals surface area contributed by atoms with Crippen LogP contribution in [0.3, 0.4) is 0 Å². The van der Waals surface area contributed by atoms with Crippen LogP contribution in [0.1, 0.15) is 78.1 Å². The van der Waals surface area contributed by atoms with E-state index in [1.807, 2.05) is 0 Å². The highest BCUT2D eigenvalue weighted by Crippen LogP contribution is 2.15. The van der Waals surface area contributed by atoms with Crippen molar-refractivity contribution in [2.24, 2.45) is 0 Å². The predicted molar refractivity (Wildman–Crippen MR) is 145 cm³/mol. The molecule has 0 aromatic heterocycles. The molecule has 1 N–H and O–H groups in total. The molecule has 0 aliphatic rings. The molecule has 0 aromatic rings. The minimum atomic E-state index is -1.77. The van der Waals surface area contributed by atoms with Crippen LogP contribution >= 0.6 is 0 Å². The van der Waals surface area contributed by atoms with Gasteiger partial charge in [-0.1, -0.05) is 69.8 Å². The third-order valence-electron chi connectivity index (χ3n) is 4.94. The molecule has 6 heteroatoms. The summed E-state index contributed by atoms with van der Waals surface area (Å²) in [5, 5.41) is 3.06. The molecule has 0 aliphatic carbocycles. The standard InChI is InChI=1S/C26H53NO3Si2/c1-9-10-11-12-13-14-15-16-17-18-19-20-21-22-26(30-32(6,7)8)25(27-24(2)28)23-29-31(3,4)5/h17-18,21-22,25-26H,9-16,19-20,23H2,1-8H3,(H,27,28)/b18-17+,22-21+. The highest BCUT2D eigenvalue weighted by atomic mass is 28.4. The van der Waals surface area contributed by atoms with Gasteiger partial charge >= 0.3 is 0 Å². The van der Waals surface area contributed by atoms with E-state index in [9.17, 15) is 4.79 Å². The fraction of sp³-hybridized carbons (Fsp3) is 0.808. The molecule has 1 amide bonds. The van der Waals surface area contributed by atoms with Crippen LogP contribution in [0.5, 0.6) is 0 Å². The molecule has 0 saturated carbocycles. The van der Waals surface area contributed by atoms with Gasteiger partial charge in [0, 0.05) is 6.92 Å². The van der Waals surface area contributed by atoms with Gasteiger partial charge in [-0.3, -0.25) is 4.79 Å². The predicted octanol–water partition coefficient (Wildman–Crippen LogP) is 7.60. The quantitative estimate of drug-likeness (QED) is 0.117. The van der Waals surface area contributed by atoms with Crippen molar-refractivity contribution in [3.05, 3.63) is 24.3 Å². The Bertz CT molecular complexity index is 536. The molecular formula is C26H53NO3Si2. The Hall–Kier alpha value is -0.696. The first-order valence-electron chi connectivity index (χ1n) is 12.8. The number of amides is 1. The molecule has 32 heavy (non-hydrogen) atoms. The van der Waals surface area contributed by atoms with Crippen LogP contribution in [0.25, 0.3) is 0 Å². The van der Waals surface area contributed by atoms with Gasteiger partial charge in [0.2, 0.25) is 5.91 Å². The van der Waals surface area contributed by atoms with E-state index >= 15 is 0 Å². The number of allylic oxidation sites excluding steroid dienone is 3. The summed E-state index contributed by atoms with van der Waals surface area (Å²) in [5.74, 6) is -0.0416. The van der Waals surface area contributed by atoms with Crippen molar-refractivity contribution >= 4 is 22.5 Å². The SMILES string of the molecule is CCCCCCCCC/C=C/CC/C=C/C(O[Si](C)(C)C)C(CO[Si](C)(C)C)NC(C)=O. The van der Waals surface area contributed by atoms with Gasteiger partial charge in [0.1, 0.15) is 0 Å². The summed E-state index contributed by atoms with van der Waals surface area (Å²) in [6.07, 6.45) is 21.6. The number of carbonyl (C=O) groups is 1. The smallest absolute Gasteiger partial charge is 0.217 e. The highest BCUT2D eigenvalue weighted by Gasteiger charge is 2.28. The maximum Gasteiger partial charge on any atom is 0.217 e. The number of nitrogens with one attached hydrogen (secondary N) is 1. The zero-order chi connectivity index (χ0) is 24.5. The molecule has 0 heterocycles. The van der Waals surface area contributed by atoms with Gasteiger partial charge in [0.25, 0.3) is 0 Å². The van der Waals surface area contributed by atoms with E-state index in [2.05, 4.69) is 75.8 Å². The lowest BCUT2D eigenvalue weighted by atomic mass is 10.1. The van der Waals surface area contributed by atoms with Gasteiger partial charge in [-0.15, -0.1) is 0 Å². The van der Waals surface area contributed by atoms with Crippen LogP contribution in [0.2, 0.25) is 39.3 Å². The molecule has 0 fully saturated rings. The number of rotatable bonds is 19. The van der Waals surface area contributed by atoms with E-state index in [1.54, 1.807) is 6.92 Å². The van der Waals surface area contributed by atoms with Crippen molar-refractivity contribution in [2.75, 3.05) is 6.61 Å². The van der Waals surface area contributed by atoms with Crippen molar-refractivity contribution < 1.29 is 13.6 Å². The van der Waals surface area contributed by atoms with Gasteiger partial charge in [-0.2, -0.15) is 0 Å². The summed E-state index contributed by atoms with van der Waals surface area (Å²) in [6.45, 7) is 17.4. The number of hydrogen-bond donors (Lipinski definition) is 1. The molecule has 0 radical (unpaired) electrons. The van der Waals surface area contributed by atoms with Crippen LogP contribution in [-0.2, 0) is 13.6 Å². The number of carbonyl (C=O) groups excluding carboxylic acids is 1. The average Bonchev–Trinajstić information content (AvgIpc) is 2.66. The van der Waals surface area contributed by atoms with E-state index in [0.29, 0.717) is 6.61 Å². The van der Waals surface area contributed by atoms with Crippen molar-refractivity contribution in [3.63, 3.8) is 0 Å². The Kier molecular flexibility index (Phi) is 17.4. The molecule has 188 valence electrons. The minimum absolute atomic E-state index is 0.0416. The third-order valence-corrected chi connectivity index (χ3v) is 6.95. The summed E-state index contributed by atoms with van der Waals surface area (Å²) in [6, 6.07) is -0.157. The first-order valence-corrected chi connectivity index (χ1v) is 19.7. The highest BCUT2D eigenvalue weighted by molar-refractivity contribution is 6.70. The fourth-order valence-corrected chi connectivity index (χ4v) is 5.10. The Morgan fingerprint density at radius 3 is 1.94 bits per heavy atom. The molecule has 0 spiro atoms. The second kappa shape index (κ2) is 17.7. The second-order valence-electron chi connectivity index (χ2n) is 10.8. The summed E-state index contributed by atoms with van der Waals surface area (Å²) in [5.41, 5.74) is 0. The Labute approximate surface area is 201 Å². The largest absolute Gasteiger partial charge is 0.415 e. The van der Waals surface area contributed by atoms with Crippen molar-refractivity contribution in [3.8, 4) is 0 Å². The Morgan fingerprint density at radius 2 is 1.38 bits per heavy atom. The summed E-state index contributed by atoms with van der Waals surface area (Å²) in [7, 11) is -3.45. The van der Waals surface area contributed by atoms with E-state index in [1.165, 1.54) is 51.4 Å². The molecule has 0 saturated heterocycles. The molecule has 0 aromatic carbocycles. The van der Waals surface area contributed by atoms with Crippen molar-refractivity contribution in [1.29, 1.82) is 0 Å². The topological polar surface area (TPSA) is 47.6 Å². The zero-order valence-corrected chi connectivity index (χ0v) is 24.5. The van der Waals surface area contributed by atoms with Crippen LogP contribution in [-0.4, -0.2) is 41.3 Å². The van der Waals surface area contributed by atoms with Gasteiger partial charge in [0.15, 0.2) is 16.6 Å². The van der Waals surface area contributed by atoms with Crippen LogP contribution in [0, 0.1) is 0 Å². The number of unbranched alkanes of at least 4 members (excludes halogenated alkanes) is 8. The van der Waals surface area contributed by atoms with Crippen LogP contribution in [0.15, 0.2) is 24.3 Å². The second-order valence-corrected chi connectivity index (χ2v) is 19.8. The zero-order valence-electron chi connectivity index (χ0n) is 22.5. The molecule has 2 unspecified atom stereocenters. The number of hydrogen-bond acceptors (Lipinski definition) is 3. The van der Waals surface area contributed by atoms with Gasteiger partial charge < -0.3 is 14.2 Å². The van der Waals surface area contributed by atoms with Crippen molar-refractivity contribution in [1.82, 2.24) is 5.32 Å². The first-order chi connectivity index (χ1) is 14.9. The summed E-state index contributed by atoms with van der Waals surface area (Å²) < 4.78 is 12.5. The lowest BCUT2D eigenvalue weighted by molar-refractivity contribution is -0.120. The third kappa shape index (κ3) is 21.2. The van der Waals surface area contributed by atoms with E-state index < -0.39 is 16.6 Å². The Morgan fingerprint density at radius 1 is 0.812 bits per heavy atom. The fourth-order valence-electron chi connectivity index (χ4n) is 3.36. The maximum atomic E-state index is 11.8. The van der Waals surface area contributed by atoms with Crippen LogP contribution in [0.4, 0.5) is 0 Å². The molecule has 0 bridgehead atoms. The minimum Gasteiger partial charge on any atom is -0.415 e. The first kappa shape index (κ1) is 31.3. The monoisotopic (exact) mass is 483 g/mol. The Balaban J connectivity index is 4.55. The molecule has 4 nitrogen and oxygen atoms in total. The van der Waals surface area contributed by atoms with E-state index in [-0.39, 0.29) is 18.1 Å². The summed E-state index contributed by atoms with van der Waals surface area (Å²) >= 11 is 0. The van der Waals surface area contributed by atoms with E-state index in [0.717, 1.165) is 12.8 Å².